The van der Waals surface area contributed by atoms with E-state index in [4.69, 9.17) is 10.2 Å². The lowest BCUT2D eigenvalue weighted by Gasteiger charge is -2.33. The minimum Gasteiger partial charge on any atom is -0.370 e. The Morgan fingerprint density at radius 1 is 1.09 bits per heavy atom. The molecule has 2 aromatic heterocycles. The van der Waals surface area contributed by atoms with E-state index >= 15 is 0 Å². The van der Waals surface area contributed by atoms with Crippen LogP contribution >= 0.6 is 0 Å². The Kier molecular flexibility index (Phi) is 5.55. The molecule has 6 heteroatoms. The van der Waals surface area contributed by atoms with Crippen LogP contribution in [0.2, 0.25) is 0 Å². The van der Waals surface area contributed by atoms with Gasteiger partial charge in [0.05, 0.1) is 28.7 Å². The van der Waals surface area contributed by atoms with Crippen molar-refractivity contribution in [2.24, 2.45) is 13.0 Å². The van der Waals surface area contributed by atoms with E-state index in [1.165, 1.54) is 31.4 Å². The normalized spacial score (nSPS) is 14.5. The van der Waals surface area contributed by atoms with Crippen molar-refractivity contribution in [3.63, 3.8) is 0 Å². The molecule has 0 radical (unpaired) electrons. The zero-order valence-electron chi connectivity index (χ0n) is 18.9. The second-order valence-electron chi connectivity index (χ2n) is 8.81. The smallest absolute Gasteiger partial charge is 0.141 e. The summed E-state index contributed by atoms with van der Waals surface area (Å²) >= 11 is 0. The number of nitrogens with zero attached hydrogens (tertiary/aromatic N) is 5. The summed E-state index contributed by atoms with van der Waals surface area (Å²) in [4.78, 5) is 7.23. The van der Waals surface area contributed by atoms with Crippen LogP contribution in [0.25, 0.3) is 33.3 Å². The lowest BCUT2D eigenvalue weighted by atomic mass is 9.93. The van der Waals surface area contributed by atoms with Gasteiger partial charge in [-0.1, -0.05) is 31.5 Å². The van der Waals surface area contributed by atoms with Gasteiger partial charge in [0.15, 0.2) is 0 Å². The van der Waals surface area contributed by atoms with Crippen LogP contribution in [-0.2, 0) is 7.05 Å². The molecule has 1 saturated heterocycles. The number of anilines is 1. The fourth-order valence-electron chi connectivity index (χ4n) is 4.74. The third-order valence-corrected chi connectivity index (χ3v) is 6.73. The highest BCUT2D eigenvalue weighted by atomic mass is 19.1. The minimum absolute atomic E-state index is 0.0426. The second-order valence-corrected chi connectivity index (χ2v) is 8.81. The predicted octanol–water partition coefficient (Wildman–Crippen LogP) is 5.94. The lowest BCUT2D eigenvalue weighted by Crippen LogP contribution is -2.33. The number of hydrogen-bond acceptors (Lipinski definition) is 4. The number of pyridine rings is 1. The van der Waals surface area contributed by atoms with Gasteiger partial charge in [-0.2, -0.15) is 10.4 Å². The first kappa shape index (κ1) is 21.1. The lowest BCUT2D eigenvalue weighted by molar-refractivity contribution is 0.395. The summed E-state index contributed by atoms with van der Waals surface area (Å²) in [5.41, 5.74) is 5.24. The number of benzene rings is 2. The molecule has 1 aliphatic rings. The van der Waals surface area contributed by atoms with Crippen molar-refractivity contribution in [3.8, 4) is 28.5 Å². The van der Waals surface area contributed by atoms with Crippen molar-refractivity contribution < 1.29 is 4.39 Å². The molecular formula is C27H26FN5. The quantitative estimate of drug-likeness (QED) is 0.395. The molecule has 2 aromatic carbocycles. The van der Waals surface area contributed by atoms with Crippen molar-refractivity contribution >= 4 is 16.6 Å². The van der Waals surface area contributed by atoms with Gasteiger partial charge in [-0.05, 0) is 48.6 Å². The molecule has 0 aliphatic carbocycles. The van der Waals surface area contributed by atoms with Crippen LogP contribution in [0.3, 0.4) is 0 Å². The minimum atomic E-state index is -0.518. The zero-order valence-corrected chi connectivity index (χ0v) is 18.9. The molecule has 0 spiro atoms. The molecule has 1 aliphatic heterocycles. The van der Waals surface area contributed by atoms with Crippen molar-refractivity contribution in [1.29, 1.82) is 5.26 Å². The molecule has 33 heavy (non-hydrogen) atoms. The van der Waals surface area contributed by atoms with E-state index in [0.717, 1.165) is 52.4 Å². The van der Waals surface area contributed by atoms with Gasteiger partial charge in [-0.25, -0.2) is 4.39 Å². The SMILES string of the molecule is CCC1CCN(c2cnc(-c3ccc4cn(C)nc4c3)c(-c3ccc(C#N)c(F)c3)c2)CC1. The van der Waals surface area contributed by atoms with Crippen molar-refractivity contribution in [2.75, 3.05) is 18.0 Å². The van der Waals surface area contributed by atoms with Crippen LogP contribution in [0.5, 0.6) is 0 Å². The maximum Gasteiger partial charge on any atom is 0.141 e. The highest BCUT2D eigenvalue weighted by molar-refractivity contribution is 5.89. The molecule has 0 amide bonds. The Morgan fingerprint density at radius 2 is 1.88 bits per heavy atom. The van der Waals surface area contributed by atoms with Crippen LogP contribution in [0.15, 0.2) is 54.9 Å². The van der Waals surface area contributed by atoms with Gasteiger partial charge in [0, 0.05) is 42.8 Å². The number of hydrogen-bond donors (Lipinski definition) is 0. The van der Waals surface area contributed by atoms with Crippen LogP contribution in [0.1, 0.15) is 31.7 Å². The summed E-state index contributed by atoms with van der Waals surface area (Å²) in [6.45, 7) is 4.26. The van der Waals surface area contributed by atoms with E-state index in [9.17, 15) is 4.39 Å². The molecule has 3 heterocycles. The number of rotatable bonds is 4. The topological polar surface area (TPSA) is 57.7 Å². The largest absolute Gasteiger partial charge is 0.370 e. The summed E-state index contributed by atoms with van der Waals surface area (Å²) in [5, 5.41) is 14.7. The average molecular weight is 440 g/mol. The van der Waals surface area contributed by atoms with Crippen molar-refractivity contribution in [2.45, 2.75) is 26.2 Å². The number of nitriles is 1. The Balaban J connectivity index is 1.61. The van der Waals surface area contributed by atoms with Gasteiger partial charge < -0.3 is 4.90 Å². The zero-order chi connectivity index (χ0) is 22.9. The molecular weight excluding hydrogens is 413 g/mol. The molecule has 4 aromatic rings. The average Bonchev–Trinajstić information content (AvgIpc) is 3.23. The fraction of sp³-hybridized carbons (Fsp3) is 0.296. The first-order chi connectivity index (χ1) is 16.1. The van der Waals surface area contributed by atoms with Crippen LogP contribution in [0, 0.1) is 23.1 Å². The molecule has 0 N–H and O–H groups in total. The van der Waals surface area contributed by atoms with Crippen LogP contribution < -0.4 is 4.90 Å². The summed E-state index contributed by atoms with van der Waals surface area (Å²) in [6, 6.07) is 14.9. The van der Waals surface area contributed by atoms with E-state index in [2.05, 4.69) is 23.0 Å². The monoisotopic (exact) mass is 439 g/mol. The number of aryl methyl sites for hydroxylation is 1. The number of halogens is 1. The van der Waals surface area contributed by atoms with Crippen molar-refractivity contribution in [3.05, 3.63) is 66.2 Å². The molecule has 0 unspecified atom stereocenters. The molecule has 0 atom stereocenters. The van der Waals surface area contributed by atoms with E-state index < -0.39 is 5.82 Å². The maximum atomic E-state index is 14.6. The summed E-state index contributed by atoms with van der Waals surface area (Å²) in [6.07, 6.45) is 7.47. The molecule has 1 fully saturated rings. The number of piperidine rings is 1. The first-order valence-electron chi connectivity index (χ1n) is 11.4. The van der Waals surface area contributed by atoms with Crippen LogP contribution in [-0.4, -0.2) is 27.9 Å². The Morgan fingerprint density at radius 3 is 2.61 bits per heavy atom. The second kappa shape index (κ2) is 8.67. The van der Waals surface area contributed by atoms with E-state index in [1.54, 1.807) is 10.7 Å². The fourth-order valence-corrected chi connectivity index (χ4v) is 4.74. The van der Waals surface area contributed by atoms with Crippen LogP contribution in [0.4, 0.5) is 10.1 Å². The number of aromatic nitrogens is 3. The third-order valence-electron chi connectivity index (χ3n) is 6.73. The first-order valence-corrected chi connectivity index (χ1v) is 11.4. The van der Waals surface area contributed by atoms with E-state index in [0.29, 0.717) is 5.56 Å². The summed E-state index contributed by atoms with van der Waals surface area (Å²) in [7, 11) is 1.90. The molecule has 5 nitrogen and oxygen atoms in total. The van der Waals surface area contributed by atoms with Gasteiger partial charge in [0.1, 0.15) is 11.9 Å². The van der Waals surface area contributed by atoms with Crippen molar-refractivity contribution in [1.82, 2.24) is 14.8 Å². The number of fused-ring (bicyclic) bond motifs is 1. The summed E-state index contributed by atoms with van der Waals surface area (Å²) in [5.74, 6) is 0.265. The molecule has 0 saturated carbocycles. The Bertz CT molecular complexity index is 1360. The Labute approximate surface area is 193 Å². The van der Waals surface area contributed by atoms with Gasteiger partial charge >= 0.3 is 0 Å². The molecule has 5 rings (SSSR count). The van der Waals surface area contributed by atoms with Gasteiger partial charge in [-0.15, -0.1) is 0 Å². The molecule has 0 bridgehead atoms. The van der Waals surface area contributed by atoms with Gasteiger partial charge in [0.2, 0.25) is 0 Å². The van der Waals surface area contributed by atoms with E-state index in [1.807, 2.05) is 43.7 Å². The summed E-state index contributed by atoms with van der Waals surface area (Å²) < 4.78 is 16.3. The van der Waals surface area contributed by atoms with Gasteiger partial charge in [-0.3, -0.25) is 9.67 Å². The van der Waals surface area contributed by atoms with Gasteiger partial charge in [0.25, 0.3) is 0 Å². The maximum absolute atomic E-state index is 14.6. The van der Waals surface area contributed by atoms with E-state index in [-0.39, 0.29) is 5.56 Å². The third kappa shape index (κ3) is 4.07. The highest BCUT2D eigenvalue weighted by Gasteiger charge is 2.20. The standard InChI is InChI=1S/C27H26FN5/c1-3-18-8-10-33(11-9-18)23-14-24(19-4-6-21(15-29)25(28)12-19)27(30-16-23)20-5-7-22-17-32(2)31-26(22)13-20/h4-7,12-14,16-18H,3,8-11H2,1-2H3. The highest BCUT2D eigenvalue weighted by Crippen LogP contribution is 2.36. The predicted molar refractivity (Wildman–Crippen MR) is 129 cm³/mol. The molecule has 166 valence electrons. The Hall–Kier alpha value is -3.72.